The zero-order valence-electron chi connectivity index (χ0n) is 13.6. The van der Waals surface area contributed by atoms with Crippen molar-refractivity contribution in [3.63, 3.8) is 0 Å². The molecule has 3 rings (SSSR count). The Balaban J connectivity index is 1.67. The summed E-state index contributed by atoms with van der Waals surface area (Å²) in [7, 11) is 0. The standard InChI is InChI=1S/C17H17NO5S2/c1-2-22-17(21)14-10-5-3-6-11(10)25-15(14)18-13(19)9-23-16(20)12-7-4-8-24-12/h4,7-8H,2-3,5-6,9H2,1H3,(H,18,19). The number of rotatable bonds is 6. The molecule has 0 saturated carbocycles. The maximum absolute atomic E-state index is 12.2. The second-order valence-corrected chi connectivity index (χ2v) is 7.44. The number of anilines is 1. The summed E-state index contributed by atoms with van der Waals surface area (Å²) in [4.78, 5) is 37.7. The first-order valence-electron chi connectivity index (χ1n) is 7.92. The number of hydrogen-bond acceptors (Lipinski definition) is 7. The van der Waals surface area contributed by atoms with Crippen molar-refractivity contribution in [1.29, 1.82) is 0 Å². The molecule has 132 valence electrons. The van der Waals surface area contributed by atoms with Crippen LogP contribution in [0.3, 0.4) is 0 Å². The number of amides is 1. The maximum atomic E-state index is 12.2. The van der Waals surface area contributed by atoms with Crippen LogP contribution in [-0.4, -0.2) is 31.1 Å². The molecule has 1 N–H and O–H groups in total. The number of thiophene rings is 2. The van der Waals surface area contributed by atoms with Gasteiger partial charge in [-0.1, -0.05) is 6.07 Å². The van der Waals surface area contributed by atoms with Gasteiger partial charge in [0.15, 0.2) is 6.61 Å². The highest BCUT2D eigenvalue weighted by molar-refractivity contribution is 7.17. The van der Waals surface area contributed by atoms with Gasteiger partial charge in [-0.3, -0.25) is 4.79 Å². The first-order valence-corrected chi connectivity index (χ1v) is 9.62. The molecule has 0 aliphatic heterocycles. The molecule has 0 saturated heterocycles. The van der Waals surface area contributed by atoms with E-state index in [0.717, 1.165) is 29.7 Å². The van der Waals surface area contributed by atoms with Crippen molar-refractivity contribution in [2.45, 2.75) is 26.2 Å². The topological polar surface area (TPSA) is 81.7 Å². The molecule has 0 aromatic carbocycles. The van der Waals surface area contributed by atoms with E-state index in [9.17, 15) is 14.4 Å². The molecule has 2 heterocycles. The van der Waals surface area contributed by atoms with E-state index in [2.05, 4.69) is 5.32 Å². The lowest BCUT2D eigenvalue weighted by molar-refractivity contribution is -0.119. The third kappa shape index (κ3) is 3.91. The van der Waals surface area contributed by atoms with Crippen molar-refractivity contribution in [2.75, 3.05) is 18.5 Å². The zero-order chi connectivity index (χ0) is 17.8. The summed E-state index contributed by atoms with van der Waals surface area (Å²) in [5.41, 5.74) is 1.41. The lowest BCUT2D eigenvalue weighted by Gasteiger charge is -2.08. The Morgan fingerprint density at radius 3 is 2.76 bits per heavy atom. The molecule has 0 spiro atoms. The van der Waals surface area contributed by atoms with Gasteiger partial charge in [0.1, 0.15) is 9.88 Å². The van der Waals surface area contributed by atoms with E-state index in [1.165, 1.54) is 22.7 Å². The van der Waals surface area contributed by atoms with Gasteiger partial charge in [-0.15, -0.1) is 22.7 Å². The fraction of sp³-hybridized carbons (Fsp3) is 0.353. The summed E-state index contributed by atoms with van der Waals surface area (Å²) in [6.07, 6.45) is 2.71. The van der Waals surface area contributed by atoms with Crippen molar-refractivity contribution in [3.8, 4) is 0 Å². The van der Waals surface area contributed by atoms with Crippen molar-refractivity contribution in [2.24, 2.45) is 0 Å². The number of ether oxygens (including phenoxy) is 2. The molecule has 2 aromatic heterocycles. The van der Waals surface area contributed by atoms with Gasteiger partial charge in [0, 0.05) is 4.88 Å². The highest BCUT2D eigenvalue weighted by atomic mass is 32.1. The first-order chi connectivity index (χ1) is 12.1. The normalized spacial score (nSPS) is 12.5. The van der Waals surface area contributed by atoms with E-state index < -0.39 is 24.5 Å². The predicted molar refractivity (Wildman–Crippen MR) is 95.5 cm³/mol. The molecule has 0 radical (unpaired) electrons. The van der Waals surface area contributed by atoms with Crippen LogP contribution >= 0.6 is 22.7 Å². The quantitative estimate of drug-likeness (QED) is 0.779. The maximum Gasteiger partial charge on any atom is 0.348 e. The molecule has 1 amide bonds. The second kappa shape index (κ2) is 7.79. The number of nitrogens with one attached hydrogen (secondary N) is 1. The molecule has 1 aliphatic carbocycles. The molecule has 25 heavy (non-hydrogen) atoms. The molecule has 2 aromatic rings. The SMILES string of the molecule is CCOC(=O)c1c(NC(=O)COC(=O)c2cccs2)sc2c1CCC2. The minimum absolute atomic E-state index is 0.273. The highest BCUT2D eigenvalue weighted by Crippen LogP contribution is 2.39. The van der Waals surface area contributed by atoms with Gasteiger partial charge in [0.25, 0.3) is 5.91 Å². The minimum atomic E-state index is -0.538. The number of carbonyl (C=O) groups excluding carboxylic acids is 3. The summed E-state index contributed by atoms with van der Waals surface area (Å²) < 4.78 is 10.1. The smallest absolute Gasteiger partial charge is 0.348 e. The number of fused-ring (bicyclic) bond motifs is 1. The van der Waals surface area contributed by atoms with Crippen LogP contribution in [0.2, 0.25) is 0 Å². The fourth-order valence-electron chi connectivity index (χ4n) is 2.67. The zero-order valence-corrected chi connectivity index (χ0v) is 15.3. The third-order valence-electron chi connectivity index (χ3n) is 3.71. The summed E-state index contributed by atoms with van der Waals surface area (Å²) >= 11 is 2.64. The van der Waals surface area contributed by atoms with E-state index in [0.29, 0.717) is 15.4 Å². The van der Waals surface area contributed by atoms with Crippen molar-refractivity contribution >= 4 is 45.5 Å². The molecule has 1 aliphatic rings. The monoisotopic (exact) mass is 379 g/mol. The van der Waals surface area contributed by atoms with Crippen LogP contribution in [0.1, 0.15) is 43.8 Å². The van der Waals surface area contributed by atoms with Gasteiger partial charge in [-0.05, 0) is 43.2 Å². The average Bonchev–Trinajstić information content (AvgIpc) is 3.29. The van der Waals surface area contributed by atoms with E-state index >= 15 is 0 Å². The van der Waals surface area contributed by atoms with E-state index in [1.54, 1.807) is 24.4 Å². The Labute approximate surface area is 152 Å². The molecular weight excluding hydrogens is 362 g/mol. The molecule has 8 heteroatoms. The lowest BCUT2D eigenvalue weighted by Crippen LogP contribution is -2.21. The van der Waals surface area contributed by atoms with Crippen LogP contribution in [0.4, 0.5) is 5.00 Å². The number of esters is 2. The Kier molecular flexibility index (Phi) is 5.50. The van der Waals surface area contributed by atoms with Crippen molar-refractivity contribution < 1.29 is 23.9 Å². The minimum Gasteiger partial charge on any atom is -0.462 e. The Morgan fingerprint density at radius 2 is 2.04 bits per heavy atom. The Hall–Kier alpha value is -2.19. The van der Waals surface area contributed by atoms with Crippen molar-refractivity contribution in [1.82, 2.24) is 0 Å². The second-order valence-electron chi connectivity index (χ2n) is 5.38. The van der Waals surface area contributed by atoms with Gasteiger partial charge < -0.3 is 14.8 Å². The van der Waals surface area contributed by atoms with E-state index in [4.69, 9.17) is 9.47 Å². The molecule has 6 nitrogen and oxygen atoms in total. The van der Waals surface area contributed by atoms with Crippen LogP contribution < -0.4 is 5.32 Å². The summed E-state index contributed by atoms with van der Waals surface area (Å²) in [6.45, 7) is 1.61. The highest BCUT2D eigenvalue weighted by Gasteiger charge is 2.28. The molecule has 0 bridgehead atoms. The third-order valence-corrected chi connectivity index (χ3v) is 5.77. The van der Waals surface area contributed by atoms with Gasteiger partial charge in [0.2, 0.25) is 0 Å². The van der Waals surface area contributed by atoms with Crippen LogP contribution in [0, 0.1) is 0 Å². The average molecular weight is 379 g/mol. The molecule has 0 fully saturated rings. The number of carbonyl (C=O) groups is 3. The van der Waals surface area contributed by atoms with Crippen LogP contribution in [-0.2, 0) is 27.1 Å². The number of aryl methyl sites for hydroxylation is 1. The summed E-state index contributed by atoms with van der Waals surface area (Å²) in [6, 6.07) is 3.37. The van der Waals surface area contributed by atoms with Gasteiger partial charge in [0.05, 0.1) is 12.2 Å². The molecule has 0 unspecified atom stereocenters. The van der Waals surface area contributed by atoms with Gasteiger partial charge >= 0.3 is 11.9 Å². The van der Waals surface area contributed by atoms with E-state index in [1.807, 2.05) is 0 Å². The van der Waals surface area contributed by atoms with Crippen LogP contribution in [0.5, 0.6) is 0 Å². The summed E-state index contributed by atoms with van der Waals surface area (Å²) in [5.74, 6) is -1.44. The van der Waals surface area contributed by atoms with Gasteiger partial charge in [-0.25, -0.2) is 9.59 Å². The summed E-state index contributed by atoms with van der Waals surface area (Å²) in [5, 5.41) is 4.92. The molecular formula is C17H17NO5S2. The Bertz CT molecular complexity index is 794. The van der Waals surface area contributed by atoms with E-state index in [-0.39, 0.29) is 6.61 Å². The first kappa shape index (κ1) is 17.6. The van der Waals surface area contributed by atoms with Crippen molar-refractivity contribution in [3.05, 3.63) is 38.4 Å². The largest absolute Gasteiger partial charge is 0.462 e. The van der Waals surface area contributed by atoms with Crippen LogP contribution in [0.25, 0.3) is 0 Å². The molecule has 0 atom stereocenters. The lowest BCUT2D eigenvalue weighted by atomic mass is 10.1. The fourth-order valence-corrected chi connectivity index (χ4v) is 4.58. The number of hydrogen-bond donors (Lipinski definition) is 1. The van der Waals surface area contributed by atoms with Gasteiger partial charge in [-0.2, -0.15) is 0 Å². The Morgan fingerprint density at radius 1 is 1.20 bits per heavy atom. The predicted octanol–water partition coefficient (Wildman–Crippen LogP) is 3.27. The van der Waals surface area contributed by atoms with Crippen LogP contribution in [0.15, 0.2) is 17.5 Å².